The molecule has 1 aromatic rings. The molecular formula is C13H20O2. The van der Waals surface area contributed by atoms with Crippen LogP contribution < -0.4 is 0 Å². The van der Waals surface area contributed by atoms with Crippen LogP contribution in [0.25, 0.3) is 0 Å². The van der Waals surface area contributed by atoms with Gasteiger partial charge in [0.25, 0.3) is 0 Å². The smallest absolute Gasteiger partial charge is 0.113 e. The highest BCUT2D eigenvalue weighted by molar-refractivity contribution is 5.22. The average Bonchev–Trinajstić information content (AvgIpc) is 2.30. The summed E-state index contributed by atoms with van der Waals surface area (Å²) in [6, 6.07) is 9.72. The van der Waals surface area contributed by atoms with Gasteiger partial charge in [0.2, 0.25) is 0 Å². The molecule has 0 aliphatic heterocycles. The van der Waals surface area contributed by atoms with E-state index in [4.69, 9.17) is 4.74 Å². The van der Waals surface area contributed by atoms with Crippen molar-refractivity contribution in [2.45, 2.75) is 32.3 Å². The minimum absolute atomic E-state index is 0.376. The van der Waals surface area contributed by atoms with Crippen molar-refractivity contribution in [3.05, 3.63) is 35.9 Å². The summed E-state index contributed by atoms with van der Waals surface area (Å²) in [7, 11) is 0. The third-order valence-corrected chi connectivity index (χ3v) is 2.59. The molecule has 84 valence electrons. The second kappa shape index (κ2) is 5.89. The second-order valence-corrected chi connectivity index (χ2v) is 3.80. The van der Waals surface area contributed by atoms with Crippen LogP contribution >= 0.6 is 0 Å². The summed E-state index contributed by atoms with van der Waals surface area (Å²) in [5, 5.41) is 10.4. The van der Waals surface area contributed by atoms with E-state index in [1.54, 1.807) is 0 Å². The van der Waals surface area contributed by atoms with Crippen LogP contribution in [0, 0.1) is 0 Å². The van der Waals surface area contributed by atoms with E-state index in [0.717, 1.165) is 12.0 Å². The standard InChI is InChI=1S/C13H20O2/c1-3-10-15-11-13(14,4-2)12-8-6-5-7-9-12/h5-9,14H,3-4,10-11H2,1-2H3. The monoisotopic (exact) mass is 208 g/mol. The van der Waals surface area contributed by atoms with Crippen molar-refractivity contribution < 1.29 is 9.84 Å². The molecule has 2 nitrogen and oxygen atoms in total. The van der Waals surface area contributed by atoms with Crippen molar-refractivity contribution >= 4 is 0 Å². The fraction of sp³-hybridized carbons (Fsp3) is 0.538. The number of hydrogen-bond acceptors (Lipinski definition) is 2. The molecule has 0 aliphatic carbocycles. The van der Waals surface area contributed by atoms with Gasteiger partial charge in [-0.25, -0.2) is 0 Å². The van der Waals surface area contributed by atoms with Crippen molar-refractivity contribution in [1.29, 1.82) is 0 Å². The predicted octanol–water partition coefficient (Wildman–Crippen LogP) is 2.71. The largest absolute Gasteiger partial charge is 0.383 e. The molecule has 1 N–H and O–H groups in total. The minimum atomic E-state index is -0.837. The number of benzene rings is 1. The molecule has 1 rings (SSSR count). The van der Waals surface area contributed by atoms with Crippen LogP contribution in [-0.2, 0) is 10.3 Å². The third kappa shape index (κ3) is 3.33. The maximum atomic E-state index is 10.4. The fourth-order valence-electron chi connectivity index (χ4n) is 1.52. The lowest BCUT2D eigenvalue weighted by molar-refractivity contribution is -0.0534. The Bertz CT molecular complexity index is 271. The fourth-order valence-corrected chi connectivity index (χ4v) is 1.52. The predicted molar refractivity (Wildman–Crippen MR) is 61.7 cm³/mol. The van der Waals surface area contributed by atoms with Gasteiger partial charge in [-0.1, -0.05) is 44.2 Å². The van der Waals surface area contributed by atoms with E-state index >= 15 is 0 Å². The number of hydrogen-bond donors (Lipinski definition) is 1. The summed E-state index contributed by atoms with van der Waals surface area (Å²) in [4.78, 5) is 0. The van der Waals surface area contributed by atoms with E-state index in [1.807, 2.05) is 37.3 Å². The quantitative estimate of drug-likeness (QED) is 0.728. The molecule has 1 aromatic carbocycles. The van der Waals surface area contributed by atoms with Crippen molar-refractivity contribution in [3.8, 4) is 0 Å². The van der Waals surface area contributed by atoms with E-state index in [-0.39, 0.29) is 0 Å². The van der Waals surface area contributed by atoms with Crippen LogP contribution in [0.4, 0.5) is 0 Å². The van der Waals surface area contributed by atoms with Gasteiger partial charge < -0.3 is 9.84 Å². The highest BCUT2D eigenvalue weighted by atomic mass is 16.5. The van der Waals surface area contributed by atoms with Gasteiger partial charge in [0.1, 0.15) is 5.60 Å². The Balaban J connectivity index is 2.67. The zero-order chi connectivity index (χ0) is 11.1. The summed E-state index contributed by atoms with van der Waals surface area (Å²) < 4.78 is 5.44. The van der Waals surface area contributed by atoms with E-state index in [9.17, 15) is 5.11 Å². The summed E-state index contributed by atoms with van der Waals surface area (Å²) in [5.74, 6) is 0. The van der Waals surface area contributed by atoms with Crippen molar-refractivity contribution in [2.24, 2.45) is 0 Å². The molecule has 2 heteroatoms. The second-order valence-electron chi connectivity index (χ2n) is 3.80. The molecule has 15 heavy (non-hydrogen) atoms. The number of ether oxygens (including phenoxy) is 1. The van der Waals surface area contributed by atoms with Crippen LogP contribution in [0.1, 0.15) is 32.3 Å². The molecule has 0 aromatic heterocycles. The minimum Gasteiger partial charge on any atom is -0.383 e. The first-order valence-corrected chi connectivity index (χ1v) is 5.58. The molecule has 0 heterocycles. The molecule has 0 amide bonds. The Morgan fingerprint density at radius 2 is 1.87 bits per heavy atom. The van der Waals surface area contributed by atoms with E-state index < -0.39 is 5.60 Å². The maximum Gasteiger partial charge on any atom is 0.113 e. The lowest BCUT2D eigenvalue weighted by atomic mass is 9.92. The number of rotatable bonds is 6. The van der Waals surface area contributed by atoms with Crippen LogP contribution in [0.15, 0.2) is 30.3 Å². The molecule has 1 atom stereocenters. The van der Waals surface area contributed by atoms with Crippen LogP contribution in [0.5, 0.6) is 0 Å². The average molecular weight is 208 g/mol. The molecule has 0 saturated heterocycles. The molecule has 0 aliphatic rings. The van der Waals surface area contributed by atoms with Crippen molar-refractivity contribution in [1.82, 2.24) is 0 Å². The SMILES string of the molecule is CCCOCC(O)(CC)c1ccccc1. The third-order valence-electron chi connectivity index (χ3n) is 2.59. The van der Waals surface area contributed by atoms with Crippen LogP contribution in [-0.4, -0.2) is 18.3 Å². The van der Waals surface area contributed by atoms with Crippen molar-refractivity contribution in [3.63, 3.8) is 0 Å². The van der Waals surface area contributed by atoms with E-state index in [0.29, 0.717) is 19.6 Å². The summed E-state index contributed by atoms with van der Waals surface area (Å²) >= 11 is 0. The van der Waals surface area contributed by atoms with Gasteiger partial charge in [-0.2, -0.15) is 0 Å². The Labute approximate surface area is 91.9 Å². The normalized spacial score (nSPS) is 14.9. The summed E-state index contributed by atoms with van der Waals surface area (Å²) in [6.07, 6.45) is 1.65. The van der Waals surface area contributed by atoms with E-state index in [1.165, 1.54) is 0 Å². The Morgan fingerprint density at radius 1 is 1.20 bits per heavy atom. The molecule has 0 spiro atoms. The molecule has 1 unspecified atom stereocenters. The van der Waals surface area contributed by atoms with Gasteiger partial charge in [0.05, 0.1) is 6.61 Å². The zero-order valence-corrected chi connectivity index (χ0v) is 9.57. The van der Waals surface area contributed by atoms with E-state index in [2.05, 4.69) is 6.92 Å². The maximum absolute atomic E-state index is 10.4. The first-order valence-electron chi connectivity index (χ1n) is 5.58. The molecule has 0 fully saturated rings. The van der Waals surface area contributed by atoms with Gasteiger partial charge in [0.15, 0.2) is 0 Å². The van der Waals surface area contributed by atoms with Gasteiger partial charge in [-0.15, -0.1) is 0 Å². The van der Waals surface area contributed by atoms with Gasteiger partial charge in [-0.05, 0) is 18.4 Å². The topological polar surface area (TPSA) is 29.5 Å². The van der Waals surface area contributed by atoms with Gasteiger partial charge in [-0.3, -0.25) is 0 Å². The highest BCUT2D eigenvalue weighted by Gasteiger charge is 2.26. The summed E-state index contributed by atoms with van der Waals surface area (Å²) in [5.41, 5.74) is 0.0970. The van der Waals surface area contributed by atoms with Crippen LogP contribution in [0.3, 0.4) is 0 Å². The molecule has 0 saturated carbocycles. The van der Waals surface area contributed by atoms with Crippen LogP contribution in [0.2, 0.25) is 0 Å². The first-order chi connectivity index (χ1) is 7.23. The lowest BCUT2D eigenvalue weighted by Crippen LogP contribution is -2.31. The lowest BCUT2D eigenvalue weighted by Gasteiger charge is -2.27. The Kier molecular flexibility index (Phi) is 4.79. The highest BCUT2D eigenvalue weighted by Crippen LogP contribution is 2.24. The Morgan fingerprint density at radius 3 is 2.40 bits per heavy atom. The molecular weight excluding hydrogens is 188 g/mol. The number of aliphatic hydroxyl groups is 1. The first kappa shape index (κ1) is 12.2. The summed E-state index contributed by atoms with van der Waals surface area (Å²) in [6.45, 7) is 5.12. The zero-order valence-electron chi connectivity index (χ0n) is 9.57. The van der Waals surface area contributed by atoms with Gasteiger partial charge in [0, 0.05) is 6.61 Å². The molecule has 0 radical (unpaired) electrons. The van der Waals surface area contributed by atoms with Gasteiger partial charge >= 0.3 is 0 Å². The molecule has 0 bridgehead atoms. The Hall–Kier alpha value is -0.860. The van der Waals surface area contributed by atoms with Crippen molar-refractivity contribution in [2.75, 3.05) is 13.2 Å².